The Labute approximate surface area is 330 Å². The van der Waals surface area contributed by atoms with Crippen LogP contribution in [0.4, 0.5) is 26.3 Å². The first-order valence-electron chi connectivity index (χ1n) is 18.0. The van der Waals surface area contributed by atoms with Crippen LogP contribution in [0.3, 0.4) is 0 Å². The van der Waals surface area contributed by atoms with Gasteiger partial charge in [-0.05, 0) is 122 Å². The summed E-state index contributed by atoms with van der Waals surface area (Å²) in [6, 6.07) is 6.05. The largest absolute Gasteiger partial charge is 2.00 e. The second-order valence-corrected chi connectivity index (χ2v) is 19.6. The van der Waals surface area contributed by atoms with Crippen molar-refractivity contribution in [1.82, 2.24) is 19.8 Å². The van der Waals surface area contributed by atoms with Gasteiger partial charge in [0.1, 0.15) is 0 Å². The number of aromatic nitrogens is 2. The van der Waals surface area contributed by atoms with Crippen molar-refractivity contribution in [2.45, 2.75) is 127 Å². The van der Waals surface area contributed by atoms with E-state index in [1.165, 1.54) is 73.9 Å². The van der Waals surface area contributed by atoms with Gasteiger partial charge >= 0.3 is 28.1 Å². The van der Waals surface area contributed by atoms with Crippen molar-refractivity contribution in [3.05, 3.63) is 58.2 Å². The molecule has 7 aliphatic rings. The number of alkyl halides is 6. The summed E-state index contributed by atoms with van der Waals surface area (Å²) in [4.78, 5) is 15.2. The summed E-state index contributed by atoms with van der Waals surface area (Å²) in [5.74, 6) is 3.17. The van der Waals surface area contributed by atoms with Crippen LogP contribution in [0, 0.1) is 22.7 Å². The molecule has 7 aliphatic carbocycles. The number of hydrogen-bond acceptors (Lipinski definition) is 10. The first-order valence-corrected chi connectivity index (χ1v) is 20.8. The van der Waals surface area contributed by atoms with E-state index in [9.17, 15) is 26.3 Å². The molecule has 4 bridgehead atoms. The van der Waals surface area contributed by atoms with Gasteiger partial charge in [0.2, 0.25) is 0 Å². The number of halogens is 6. The van der Waals surface area contributed by atoms with Crippen LogP contribution in [-0.4, -0.2) is 82.9 Å². The van der Waals surface area contributed by atoms with Gasteiger partial charge in [-0.15, -0.1) is 0 Å². The standard InChI is InChI=1S/C34H48N4.2CHF3O3S.Mn/c1-33(2)23-11-21-13-25(35-17-27(21)29(33)15-23)19-37(5)31-9-7-8-10-32(31)38(6)20-26-14-22-12-24-16-30(34(24,3)4)28(22)18-36-26;2*2-1(3,4)8(5,6)7;/h13-14,17-18,23-24,29-32H,7-12,15-16,19-20H2,1-6H3;2*(H,5,6,7);/q;;;+2/p-2/t23-,24-,29-,30-,31-,32-;;;/m0.../s1. The molecule has 1 radical (unpaired) electrons. The van der Waals surface area contributed by atoms with Crippen LogP contribution in [0.1, 0.15) is 112 Å². The minimum atomic E-state index is -6.09. The molecule has 2 aromatic rings. The molecule has 0 saturated heterocycles. The van der Waals surface area contributed by atoms with Crippen molar-refractivity contribution < 1.29 is 69.4 Å². The minimum Gasteiger partial charge on any atom is -0.741 e. The molecule has 0 N–H and O–H groups in total. The molecule has 3 fully saturated rings. The molecule has 309 valence electrons. The summed E-state index contributed by atoms with van der Waals surface area (Å²) in [7, 11) is -7.51. The molecule has 3 saturated carbocycles. The predicted octanol–water partition coefficient (Wildman–Crippen LogP) is 6.82. The first-order chi connectivity index (χ1) is 24.6. The topological polar surface area (TPSA) is 147 Å². The average Bonchev–Trinajstić information content (AvgIpc) is 3.06. The second kappa shape index (κ2) is 16.1. The first kappa shape index (κ1) is 45.8. The average molecular weight is 866 g/mol. The summed E-state index contributed by atoms with van der Waals surface area (Å²) < 4.78 is 118. The van der Waals surface area contributed by atoms with Gasteiger partial charge in [0, 0.05) is 37.6 Å². The Balaban J connectivity index is 0.000000335. The third-order valence-electron chi connectivity index (χ3n) is 13.0. The normalized spacial score (nSPS) is 27.4. The summed E-state index contributed by atoms with van der Waals surface area (Å²) in [6.45, 7) is 11.7. The predicted molar refractivity (Wildman–Crippen MR) is 186 cm³/mol. The molecule has 9 rings (SSSR count). The Kier molecular flexibility index (Phi) is 13.4. The molecule has 2 aromatic heterocycles. The Bertz CT molecular complexity index is 1790. The fourth-order valence-corrected chi connectivity index (χ4v) is 9.45. The van der Waals surface area contributed by atoms with Gasteiger partial charge in [-0.25, -0.2) is 16.8 Å². The van der Waals surface area contributed by atoms with Gasteiger partial charge in [-0.1, -0.05) is 40.5 Å². The molecule has 0 spiro atoms. The van der Waals surface area contributed by atoms with Crippen molar-refractivity contribution in [3.8, 4) is 0 Å². The van der Waals surface area contributed by atoms with Gasteiger partial charge in [0.15, 0.2) is 20.2 Å². The monoisotopic (exact) mass is 865 g/mol. The smallest absolute Gasteiger partial charge is 0.741 e. The van der Waals surface area contributed by atoms with Crippen LogP contribution >= 0.6 is 0 Å². The van der Waals surface area contributed by atoms with E-state index in [-0.39, 0.29) is 17.1 Å². The third-order valence-corrected chi connectivity index (χ3v) is 14.1. The Hall–Kier alpha value is -1.86. The Morgan fingerprint density at radius 2 is 1.00 bits per heavy atom. The van der Waals surface area contributed by atoms with Gasteiger partial charge in [0.25, 0.3) is 0 Å². The van der Waals surface area contributed by atoms with Crippen LogP contribution in [-0.2, 0) is 63.2 Å². The van der Waals surface area contributed by atoms with E-state index in [0.29, 0.717) is 22.9 Å². The number of nitrogens with zero attached hydrogens (tertiary/aromatic N) is 4. The van der Waals surface area contributed by atoms with Crippen LogP contribution in [0.25, 0.3) is 0 Å². The van der Waals surface area contributed by atoms with Crippen molar-refractivity contribution in [3.63, 3.8) is 0 Å². The molecule has 10 nitrogen and oxygen atoms in total. The minimum absolute atomic E-state index is 0. The maximum atomic E-state index is 10.7. The number of rotatable bonds is 6. The summed E-state index contributed by atoms with van der Waals surface area (Å²) in [6.07, 6.45) is 14.9. The quantitative estimate of drug-likeness (QED) is 0.131. The maximum absolute atomic E-state index is 10.7. The van der Waals surface area contributed by atoms with Crippen LogP contribution in [0.5, 0.6) is 0 Å². The zero-order chi connectivity index (χ0) is 40.4. The number of pyridine rings is 2. The zero-order valence-corrected chi connectivity index (χ0v) is 34.4. The SMILES string of the molecule is CN(Cc1cc2c(cn1)[C@@H]1C[C@H](C2)C1(C)C)[C@H]1CCCC[C@@H]1N(C)Cc1cc2c(cn1)[C@@H]1C[C@H](C2)C1(C)C.O=S(=O)([O-])C(F)(F)F.O=S(=O)([O-])C(F)(F)F.[Mn+2]. The molecule has 6 atom stereocenters. The van der Waals surface area contributed by atoms with E-state index >= 15 is 0 Å². The van der Waals surface area contributed by atoms with E-state index in [1.54, 1.807) is 11.1 Å². The molecule has 0 amide bonds. The summed E-state index contributed by atoms with van der Waals surface area (Å²) in [5, 5.41) is 0. The summed E-state index contributed by atoms with van der Waals surface area (Å²) in [5.41, 5.74) is -1.59. The van der Waals surface area contributed by atoms with Gasteiger partial charge in [0.05, 0.1) is 11.4 Å². The molecular weight excluding hydrogens is 817 g/mol. The molecule has 2 heterocycles. The van der Waals surface area contributed by atoms with Gasteiger partial charge in [-0.3, -0.25) is 19.8 Å². The molecule has 0 unspecified atom stereocenters. The van der Waals surface area contributed by atoms with E-state index in [0.717, 1.165) is 36.8 Å². The van der Waals surface area contributed by atoms with Crippen LogP contribution in [0.15, 0.2) is 24.5 Å². The van der Waals surface area contributed by atoms with Gasteiger partial charge < -0.3 is 9.11 Å². The molecule has 0 aliphatic heterocycles. The van der Waals surface area contributed by atoms with Crippen molar-refractivity contribution in [2.75, 3.05) is 14.1 Å². The van der Waals surface area contributed by atoms with Crippen LogP contribution < -0.4 is 0 Å². The summed E-state index contributed by atoms with van der Waals surface area (Å²) >= 11 is 0. The second-order valence-electron chi connectivity index (χ2n) is 16.8. The fourth-order valence-electron chi connectivity index (χ4n) is 9.45. The molecule has 55 heavy (non-hydrogen) atoms. The Morgan fingerprint density at radius 1 is 0.691 bits per heavy atom. The van der Waals surface area contributed by atoms with E-state index in [2.05, 4.69) is 76.1 Å². The molecule has 0 aromatic carbocycles. The van der Waals surface area contributed by atoms with Crippen molar-refractivity contribution in [2.24, 2.45) is 22.7 Å². The fraction of sp³-hybridized carbons (Fsp3) is 0.722. The van der Waals surface area contributed by atoms with E-state index in [1.807, 2.05) is 0 Å². The zero-order valence-electron chi connectivity index (χ0n) is 31.5. The van der Waals surface area contributed by atoms with E-state index < -0.39 is 31.3 Å². The number of hydrogen-bond donors (Lipinski definition) is 0. The molecular formula is C36H48F6MnN4O6S2. The van der Waals surface area contributed by atoms with Crippen LogP contribution in [0.2, 0.25) is 0 Å². The van der Waals surface area contributed by atoms with E-state index in [4.69, 9.17) is 35.9 Å². The molecule has 19 heteroatoms. The maximum Gasteiger partial charge on any atom is 2.00 e. The number of likely N-dealkylation sites (N-methyl/N-ethyl adjacent to an activating group) is 2. The third kappa shape index (κ3) is 9.55. The Morgan fingerprint density at radius 3 is 1.27 bits per heavy atom. The van der Waals surface area contributed by atoms with Crippen molar-refractivity contribution in [1.29, 1.82) is 0 Å². The van der Waals surface area contributed by atoms with Gasteiger partial charge in [-0.2, -0.15) is 26.3 Å². The van der Waals surface area contributed by atoms with Crippen molar-refractivity contribution >= 4 is 20.2 Å².